The van der Waals surface area contributed by atoms with Gasteiger partial charge in [0.05, 0.1) is 43.8 Å². The summed E-state index contributed by atoms with van der Waals surface area (Å²) in [5.74, 6) is 0. The highest BCUT2D eigenvalue weighted by Gasteiger charge is 2.25. The van der Waals surface area contributed by atoms with Crippen LogP contribution >= 0.6 is 11.3 Å². The molecule has 3 heterocycles. The molecule has 0 N–H and O–H groups in total. The van der Waals surface area contributed by atoms with Crippen LogP contribution < -0.4 is 0 Å². The summed E-state index contributed by atoms with van der Waals surface area (Å²) in [6, 6.07) is 52.7. The van der Waals surface area contributed by atoms with Gasteiger partial charge in [0.15, 0.2) is 0 Å². The number of aromatic nitrogens is 3. The number of hydrogen-bond acceptors (Lipinski definition) is 3. The van der Waals surface area contributed by atoms with Crippen LogP contribution in [0.1, 0.15) is 12.6 Å². The molecule has 0 aliphatic carbocycles. The van der Waals surface area contributed by atoms with E-state index in [4.69, 9.17) is 9.97 Å². The molecule has 11 aromatic rings. The number of rotatable bonds is 5. The van der Waals surface area contributed by atoms with Crippen LogP contribution in [0.4, 0.5) is 0 Å². The number of para-hydroxylation sites is 2. The Labute approximate surface area is 321 Å². The van der Waals surface area contributed by atoms with Crippen molar-refractivity contribution in [3.8, 4) is 16.9 Å². The van der Waals surface area contributed by atoms with Crippen molar-refractivity contribution in [2.24, 2.45) is 0 Å². The van der Waals surface area contributed by atoms with E-state index in [0.29, 0.717) is 0 Å². The van der Waals surface area contributed by atoms with E-state index in [9.17, 15) is 0 Å². The molecular formula is C51H33N3S. The predicted molar refractivity (Wildman–Crippen MR) is 238 cm³/mol. The quantitative estimate of drug-likeness (QED) is 0.166. The van der Waals surface area contributed by atoms with E-state index in [-0.39, 0.29) is 0 Å². The molecule has 3 aromatic heterocycles. The van der Waals surface area contributed by atoms with E-state index in [1.807, 2.05) is 60.8 Å². The fourth-order valence-electron chi connectivity index (χ4n) is 8.78. The third kappa shape index (κ3) is 4.62. The van der Waals surface area contributed by atoms with Crippen molar-refractivity contribution in [2.75, 3.05) is 0 Å². The Balaban J connectivity index is 1.32. The fraction of sp³-hybridized carbons (Fsp3) is 0.0196. The Morgan fingerprint density at radius 2 is 1.25 bits per heavy atom. The van der Waals surface area contributed by atoms with E-state index >= 15 is 0 Å². The molecule has 3 nitrogen and oxygen atoms in total. The summed E-state index contributed by atoms with van der Waals surface area (Å²) in [5, 5.41) is 12.5. The number of nitrogens with zero attached hydrogens (tertiary/aromatic N) is 3. The zero-order chi connectivity index (χ0) is 36.6. The first-order valence-electron chi connectivity index (χ1n) is 18.7. The van der Waals surface area contributed by atoms with Gasteiger partial charge in [-0.1, -0.05) is 140 Å². The number of fused-ring (bicyclic) bond motifs is 14. The molecular weight excluding hydrogens is 687 g/mol. The summed E-state index contributed by atoms with van der Waals surface area (Å²) in [6.45, 7) is 6.05. The molecule has 0 aliphatic rings. The zero-order valence-electron chi connectivity index (χ0n) is 30.1. The van der Waals surface area contributed by atoms with Crippen LogP contribution in [-0.2, 0) is 0 Å². The normalized spacial score (nSPS) is 12.6. The van der Waals surface area contributed by atoms with Gasteiger partial charge in [-0.05, 0) is 70.3 Å². The lowest BCUT2D eigenvalue weighted by atomic mass is 9.96. The molecule has 258 valence electrons. The summed E-state index contributed by atoms with van der Waals surface area (Å²) in [4.78, 5) is 10.6. The first-order chi connectivity index (χ1) is 27.2. The molecule has 0 saturated heterocycles. The summed E-state index contributed by atoms with van der Waals surface area (Å²) < 4.78 is 5.14. The molecule has 8 aromatic carbocycles. The maximum Gasteiger partial charge on any atom is 0.0979 e. The highest BCUT2D eigenvalue weighted by Crippen LogP contribution is 2.50. The van der Waals surface area contributed by atoms with Gasteiger partial charge < -0.3 is 4.57 Å². The average molecular weight is 720 g/mol. The molecule has 0 aliphatic heterocycles. The van der Waals surface area contributed by atoms with Crippen LogP contribution in [0.2, 0.25) is 0 Å². The maximum atomic E-state index is 5.33. The molecule has 4 heteroatoms. The zero-order valence-corrected chi connectivity index (χ0v) is 30.9. The van der Waals surface area contributed by atoms with E-state index < -0.39 is 0 Å². The van der Waals surface area contributed by atoms with E-state index in [1.54, 1.807) is 0 Å². The smallest absolute Gasteiger partial charge is 0.0979 e. The molecule has 0 spiro atoms. The summed E-state index contributed by atoms with van der Waals surface area (Å²) in [5.41, 5.74) is 8.97. The van der Waals surface area contributed by atoms with Gasteiger partial charge in [-0.3, -0.25) is 0 Å². The lowest BCUT2D eigenvalue weighted by Crippen LogP contribution is -2.01. The van der Waals surface area contributed by atoms with Crippen molar-refractivity contribution in [3.05, 3.63) is 182 Å². The van der Waals surface area contributed by atoms with E-state index in [2.05, 4.69) is 139 Å². The van der Waals surface area contributed by atoms with Gasteiger partial charge in [-0.15, -0.1) is 11.3 Å². The van der Waals surface area contributed by atoms with Crippen LogP contribution in [0.15, 0.2) is 176 Å². The fourth-order valence-corrected chi connectivity index (χ4v) is 10.0. The highest BCUT2D eigenvalue weighted by molar-refractivity contribution is 7.27. The van der Waals surface area contributed by atoms with Crippen molar-refractivity contribution >= 4 is 102 Å². The largest absolute Gasteiger partial charge is 0.307 e. The van der Waals surface area contributed by atoms with Gasteiger partial charge in [-0.2, -0.15) is 0 Å². The molecule has 0 saturated carbocycles. The molecule has 0 bridgehead atoms. The molecule has 0 fully saturated rings. The second-order valence-electron chi connectivity index (χ2n) is 14.0. The van der Waals surface area contributed by atoms with Crippen molar-refractivity contribution in [1.29, 1.82) is 0 Å². The van der Waals surface area contributed by atoms with Crippen LogP contribution in [0.25, 0.3) is 108 Å². The molecule has 11 rings (SSSR count). The maximum absolute atomic E-state index is 5.33. The Hall–Kier alpha value is -6.88. The van der Waals surface area contributed by atoms with Gasteiger partial charge in [0, 0.05) is 42.8 Å². The number of hydrogen-bond donors (Lipinski definition) is 0. The first kappa shape index (κ1) is 31.6. The standard InChI is InChI=1S/C51H33N3S/c1-3-15-32(16-4-2)48-49(53-41-25-13-12-24-40(41)52-48)38-28-30-42(35-20-8-7-19-34(35)38)54-43-29-27-31-17-5-6-18-33(31)46(43)47-37-22-10-9-21-36(37)45-39-23-11-14-26-44(39)55-51(45)50(47)54/h3-30H,1H2,2H3/b16-4-,32-15+. The van der Waals surface area contributed by atoms with Crippen LogP contribution in [0, 0.1) is 0 Å². The van der Waals surface area contributed by atoms with E-state index in [1.165, 1.54) is 63.5 Å². The van der Waals surface area contributed by atoms with Crippen molar-refractivity contribution in [2.45, 2.75) is 6.92 Å². The highest BCUT2D eigenvalue weighted by atomic mass is 32.1. The lowest BCUT2D eigenvalue weighted by Gasteiger charge is -2.17. The van der Waals surface area contributed by atoms with Crippen LogP contribution in [0.3, 0.4) is 0 Å². The summed E-state index contributed by atoms with van der Waals surface area (Å²) >= 11 is 1.90. The average Bonchev–Trinajstić information content (AvgIpc) is 3.80. The van der Waals surface area contributed by atoms with E-state index in [0.717, 1.165) is 50.0 Å². The SMILES string of the molecule is C=C/C=C(\C=C/C)c1nc2ccccc2nc1-c1ccc(-n2c3ccc4ccccc4c3c3c4ccccc4c4c5ccccc5sc4c32)c2ccccc12. The van der Waals surface area contributed by atoms with Crippen LogP contribution in [0.5, 0.6) is 0 Å². The van der Waals surface area contributed by atoms with Gasteiger partial charge >= 0.3 is 0 Å². The van der Waals surface area contributed by atoms with Crippen LogP contribution in [-0.4, -0.2) is 14.5 Å². The number of benzene rings is 8. The Bertz CT molecular complexity index is 3470. The van der Waals surface area contributed by atoms with Crippen molar-refractivity contribution < 1.29 is 0 Å². The molecule has 0 radical (unpaired) electrons. The van der Waals surface area contributed by atoms with Gasteiger partial charge in [0.2, 0.25) is 0 Å². The minimum Gasteiger partial charge on any atom is -0.307 e. The predicted octanol–water partition coefficient (Wildman–Crippen LogP) is 14.4. The topological polar surface area (TPSA) is 30.7 Å². The third-order valence-electron chi connectivity index (χ3n) is 11.0. The summed E-state index contributed by atoms with van der Waals surface area (Å²) in [6.07, 6.45) is 7.97. The second kappa shape index (κ2) is 12.3. The summed E-state index contributed by atoms with van der Waals surface area (Å²) in [7, 11) is 0. The minimum atomic E-state index is 0.830. The minimum absolute atomic E-state index is 0.830. The molecule has 55 heavy (non-hydrogen) atoms. The van der Waals surface area contributed by atoms with Gasteiger partial charge in [-0.25, -0.2) is 9.97 Å². The van der Waals surface area contributed by atoms with Crippen molar-refractivity contribution in [3.63, 3.8) is 0 Å². The Kier molecular flexibility index (Phi) is 7.10. The first-order valence-corrected chi connectivity index (χ1v) is 19.5. The Morgan fingerprint density at radius 1 is 0.600 bits per heavy atom. The molecule has 0 unspecified atom stereocenters. The Morgan fingerprint density at radius 3 is 2.04 bits per heavy atom. The van der Waals surface area contributed by atoms with Crippen molar-refractivity contribution in [1.82, 2.24) is 14.5 Å². The lowest BCUT2D eigenvalue weighted by molar-refractivity contribution is 1.20. The second-order valence-corrected chi connectivity index (χ2v) is 15.1. The molecule has 0 atom stereocenters. The molecule has 0 amide bonds. The number of allylic oxidation sites excluding steroid dienone is 5. The van der Waals surface area contributed by atoms with Gasteiger partial charge in [0.1, 0.15) is 0 Å². The number of thiophene rings is 1. The monoisotopic (exact) mass is 719 g/mol. The third-order valence-corrected chi connectivity index (χ3v) is 12.2. The van der Waals surface area contributed by atoms with Gasteiger partial charge in [0.25, 0.3) is 0 Å².